The molecule has 0 radical (unpaired) electrons. The van der Waals surface area contributed by atoms with Crippen LogP contribution >= 0.6 is 11.8 Å². The van der Waals surface area contributed by atoms with Crippen LogP contribution in [0.5, 0.6) is 0 Å². The summed E-state index contributed by atoms with van der Waals surface area (Å²) in [5.41, 5.74) is 5.87. The Labute approximate surface area is 94.7 Å². The molecule has 3 nitrogen and oxygen atoms in total. The third kappa shape index (κ3) is 2.46. The van der Waals surface area contributed by atoms with E-state index in [-0.39, 0.29) is 0 Å². The van der Waals surface area contributed by atoms with Gasteiger partial charge in [-0.05, 0) is 30.0 Å². The largest absolute Gasteiger partial charge is 0.396 e. The van der Waals surface area contributed by atoms with Crippen LogP contribution in [-0.4, -0.2) is 9.97 Å². The van der Waals surface area contributed by atoms with Crippen LogP contribution < -0.4 is 5.73 Å². The van der Waals surface area contributed by atoms with Gasteiger partial charge < -0.3 is 5.73 Å². The van der Waals surface area contributed by atoms with Crippen LogP contribution in [0.15, 0.2) is 40.6 Å². The highest BCUT2D eigenvalue weighted by Gasteiger charge is 2.05. The van der Waals surface area contributed by atoms with Gasteiger partial charge in [0.1, 0.15) is 0 Å². The molecule has 0 fully saturated rings. The van der Waals surface area contributed by atoms with Gasteiger partial charge in [0.25, 0.3) is 0 Å². The Bertz CT molecular complexity index is 502. The van der Waals surface area contributed by atoms with E-state index in [9.17, 15) is 8.78 Å². The van der Waals surface area contributed by atoms with Gasteiger partial charge in [0, 0.05) is 4.90 Å². The fraction of sp³-hybridized carbons (Fsp3) is 0. The molecule has 0 saturated carbocycles. The van der Waals surface area contributed by atoms with Gasteiger partial charge in [0.2, 0.25) is 0 Å². The molecule has 2 aromatic rings. The molecular formula is C10H7F2N3S. The highest BCUT2D eigenvalue weighted by molar-refractivity contribution is 7.99. The summed E-state index contributed by atoms with van der Waals surface area (Å²) in [7, 11) is 0. The van der Waals surface area contributed by atoms with E-state index in [0.29, 0.717) is 15.7 Å². The van der Waals surface area contributed by atoms with Crippen LogP contribution in [0.3, 0.4) is 0 Å². The van der Waals surface area contributed by atoms with E-state index in [2.05, 4.69) is 9.97 Å². The number of aromatic nitrogens is 2. The molecule has 0 unspecified atom stereocenters. The quantitative estimate of drug-likeness (QED) is 0.818. The van der Waals surface area contributed by atoms with E-state index in [0.717, 1.165) is 23.9 Å². The van der Waals surface area contributed by atoms with Crippen molar-refractivity contribution in [1.82, 2.24) is 9.97 Å². The highest BCUT2D eigenvalue weighted by atomic mass is 32.2. The maximum Gasteiger partial charge on any atom is 0.192 e. The van der Waals surface area contributed by atoms with E-state index in [4.69, 9.17) is 5.73 Å². The van der Waals surface area contributed by atoms with Gasteiger partial charge in [-0.1, -0.05) is 0 Å². The molecule has 1 aromatic carbocycles. The van der Waals surface area contributed by atoms with Crippen molar-refractivity contribution in [3.63, 3.8) is 0 Å². The minimum absolute atomic E-state index is 0.431. The monoisotopic (exact) mass is 239 g/mol. The van der Waals surface area contributed by atoms with Crippen molar-refractivity contribution >= 4 is 17.4 Å². The van der Waals surface area contributed by atoms with Gasteiger partial charge in [-0.25, -0.2) is 18.7 Å². The Morgan fingerprint density at radius 2 is 1.75 bits per heavy atom. The maximum atomic E-state index is 12.9. The number of benzene rings is 1. The zero-order chi connectivity index (χ0) is 11.5. The maximum absolute atomic E-state index is 12.9. The second-order valence-corrected chi connectivity index (χ2v) is 4.02. The molecule has 2 N–H and O–H groups in total. The molecule has 0 saturated heterocycles. The van der Waals surface area contributed by atoms with E-state index in [1.807, 2.05) is 0 Å². The number of nitrogens with zero attached hydrogens (tertiary/aromatic N) is 2. The molecule has 0 spiro atoms. The summed E-state index contributed by atoms with van der Waals surface area (Å²) in [6.45, 7) is 0. The number of nitrogens with two attached hydrogens (primary N) is 1. The van der Waals surface area contributed by atoms with Crippen molar-refractivity contribution in [3.8, 4) is 0 Å². The summed E-state index contributed by atoms with van der Waals surface area (Å²) in [5, 5.41) is 0.431. The van der Waals surface area contributed by atoms with Gasteiger partial charge in [0.05, 0.1) is 18.1 Å². The molecule has 0 amide bonds. The SMILES string of the molecule is Nc1cnc(Sc2ccc(F)c(F)c2)nc1. The Hall–Kier alpha value is -1.69. The van der Waals surface area contributed by atoms with Crippen LogP contribution in [-0.2, 0) is 0 Å². The first-order valence-electron chi connectivity index (χ1n) is 4.35. The molecule has 0 aliphatic heterocycles. The number of rotatable bonds is 2. The summed E-state index contributed by atoms with van der Waals surface area (Å²) in [6.07, 6.45) is 2.91. The fourth-order valence-corrected chi connectivity index (χ4v) is 1.74. The summed E-state index contributed by atoms with van der Waals surface area (Å²) in [5.74, 6) is -1.76. The molecule has 1 heterocycles. The normalized spacial score (nSPS) is 10.4. The number of halogens is 2. The van der Waals surface area contributed by atoms with Crippen molar-refractivity contribution in [2.75, 3.05) is 5.73 Å². The van der Waals surface area contributed by atoms with E-state index in [1.165, 1.54) is 18.5 Å². The van der Waals surface area contributed by atoms with Crippen LogP contribution in [0.2, 0.25) is 0 Å². The molecule has 1 aromatic heterocycles. The first-order valence-corrected chi connectivity index (χ1v) is 5.17. The van der Waals surface area contributed by atoms with Crippen LogP contribution in [0.1, 0.15) is 0 Å². The summed E-state index contributed by atoms with van der Waals surface area (Å²) < 4.78 is 25.6. The Kier molecular flexibility index (Phi) is 3.00. The first-order chi connectivity index (χ1) is 7.65. The van der Waals surface area contributed by atoms with Crippen LogP contribution in [0.4, 0.5) is 14.5 Å². The highest BCUT2D eigenvalue weighted by Crippen LogP contribution is 2.25. The lowest BCUT2D eigenvalue weighted by Crippen LogP contribution is -1.91. The molecule has 0 aliphatic carbocycles. The lowest BCUT2D eigenvalue weighted by atomic mass is 10.3. The predicted molar refractivity (Wildman–Crippen MR) is 56.9 cm³/mol. The minimum Gasteiger partial charge on any atom is -0.396 e. The third-order valence-electron chi connectivity index (χ3n) is 1.75. The van der Waals surface area contributed by atoms with Gasteiger partial charge >= 0.3 is 0 Å². The van der Waals surface area contributed by atoms with Gasteiger partial charge in [-0.3, -0.25) is 0 Å². The molecule has 0 atom stereocenters. The molecule has 6 heteroatoms. The van der Waals surface area contributed by atoms with Crippen molar-refractivity contribution in [3.05, 3.63) is 42.2 Å². The summed E-state index contributed by atoms with van der Waals surface area (Å²) >= 11 is 1.13. The zero-order valence-corrected chi connectivity index (χ0v) is 8.84. The second kappa shape index (κ2) is 4.44. The van der Waals surface area contributed by atoms with Crippen LogP contribution in [0, 0.1) is 11.6 Å². The summed E-state index contributed by atoms with van der Waals surface area (Å²) in [4.78, 5) is 8.40. The molecular weight excluding hydrogens is 232 g/mol. The lowest BCUT2D eigenvalue weighted by molar-refractivity contribution is 0.506. The standard InChI is InChI=1S/C10H7F2N3S/c11-8-2-1-7(3-9(8)12)16-10-14-4-6(13)5-15-10/h1-5H,13H2. The molecule has 0 aliphatic rings. The Morgan fingerprint density at radius 3 is 2.38 bits per heavy atom. The average molecular weight is 239 g/mol. The molecule has 0 bridgehead atoms. The molecule has 2 rings (SSSR count). The number of nitrogen functional groups attached to an aromatic ring is 1. The van der Waals surface area contributed by atoms with Crippen molar-refractivity contribution in [1.29, 1.82) is 0 Å². The fourth-order valence-electron chi connectivity index (χ4n) is 1.02. The van der Waals surface area contributed by atoms with Crippen molar-refractivity contribution in [2.24, 2.45) is 0 Å². The summed E-state index contributed by atoms with van der Waals surface area (Å²) in [6, 6.07) is 3.62. The van der Waals surface area contributed by atoms with E-state index < -0.39 is 11.6 Å². The van der Waals surface area contributed by atoms with E-state index in [1.54, 1.807) is 0 Å². The Balaban J connectivity index is 2.20. The first kappa shape index (κ1) is 10.8. The molecule has 82 valence electrons. The number of hydrogen-bond donors (Lipinski definition) is 1. The van der Waals surface area contributed by atoms with Gasteiger partial charge in [-0.15, -0.1) is 0 Å². The zero-order valence-electron chi connectivity index (χ0n) is 8.02. The van der Waals surface area contributed by atoms with E-state index >= 15 is 0 Å². The van der Waals surface area contributed by atoms with Crippen molar-refractivity contribution in [2.45, 2.75) is 10.1 Å². The number of anilines is 1. The Morgan fingerprint density at radius 1 is 1.06 bits per heavy atom. The number of hydrogen-bond acceptors (Lipinski definition) is 4. The van der Waals surface area contributed by atoms with Crippen molar-refractivity contribution < 1.29 is 8.78 Å². The average Bonchev–Trinajstić information content (AvgIpc) is 2.27. The third-order valence-corrected chi connectivity index (χ3v) is 2.63. The second-order valence-electron chi connectivity index (χ2n) is 2.98. The van der Waals surface area contributed by atoms with Gasteiger partial charge in [-0.2, -0.15) is 0 Å². The topological polar surface area (TPSA) is 51.8 Å². The molecule has 16 heavy (non-hydrogen) atoms. The van der Waals surface area contributed by atoms with Gasteiger partial charge in [0.15, 0.2) is 16.8 Å². The predicted octanol–water partition coefficient (Wildman–Crippen LogP) is 2.49. The smallest absolute Gasteiger partial charge is 0.192 e. The van der Waals surface area contributed by atoms with Crippen LogP contribution in [0.25, 0.3) is 0 Å². The lowest BCUT2D eigenvalue weighted by Gasteiger charge is -2.00. The minimum atomic E-state index is -0.888.